The monoisotopic (exact) mass is 333 g/mol. The van der Waals surface area contributed by atoms with Crippen molar-refractivity contribution in [3.05, 3.63) is 71.7 Å². The lowest BCUT2D eigenvalue weighted by Crippen LogP contribution is -2.27. The fraction of sp³-hybridized carbons (Fsp3) is 0.211. The van der Waals surface area contributed by atoms with Gasteiger partial charge >= 0.3 is 0 Å². The summed E-state index contributed by atoms with van der Waals surface area (Å²) >= 11 is 0. The summed E-state index contributed by atoms with van der Waals surface area (Å²) < 4.78 is 0. The molecule has 0 radical (unpaired) electrons. The van der Waals surface area contributed by atoms with Crippen LogP contribution < -0.4 is 5.32 Å². The van der Waals surface area contributed by atoms with Crippen molar-refractivity contribution < 1.29 is 4.79 Å². The van der Waals surface area contributed by atoms with Crippen LogP contribution in [0.3, 0.4) is 0 Å². The van der Waals surface area contributed by atoms with Gasteiger partial charge < -0.3 is 5.32 Å². The maximum absolute atomic E-state index is 12.2. The number of hydrogen-bond acceptors (Lipinski definition) is 5. The Labute approximate surface area is 146 Å². The van der Waals surface area contributed by atoms with E-state index in [0.717, 1.165) is 17.0 Å². The molecule has 0 aliphatic carbocycles. The number of hydrogen-bond donors (Lipinski definition) is 1. The van der Waals surface area contributed by atoms with Crippen molar-refractivity contribution in [2.45, 2.75) is 20.3 Å². The van der Waals surface area contributed by atoms with Gasteiger partial charge in [-0.3, -0.25) is 4.79 Å². The summed E-state index contributed by atoms with van der Waals surface area (Å²) in [6, 6.07) is 13.5. The molecule has 0 saturated carbocycles. The number of carbonyl (C=O) groups is 1. The lowest BCUT2D eigenvalue weighted by Gasteiger charge is -2.07. The minimum Gasteiger partial charge on any atom is -0.350 e. The highest BCUT2D eigenvalue weighted by Crippen LogP contribution is 2.15. The molecule has 0 spiro atoms. The Morgan fingerprint density at radius 2 is 1.84 bits per heavy atom. The molecule has 0 fully saturated rings. The first-order valence-electron chi connectivity index (χ1n) is 8.09. The molecule has 0 atom stereocenters. The minimum absolute atomic E-state index is 0.215. The van der Waals surface area contributed by atoms with Crippen molar-refractivity contribution in [3.8, 4) is 11.3 Å². The van der Waals surface area contributed by atoms with Gasteiger partial charge in [-0.05, 0) is 26.0 Å². The van der Waals surface area contributed by atoms with Gasteiger partial charge in [0.05, 0.1) is 5.69 Å². The van der Waals surface area contributed by atoms with Gasteiger partial charge in [-0.2, -0.15) is 0 Å². The second kappa shape index (κ2) is 7.61. The Kier molecular flexibility index (Phi) is 5.09. The number of aromatic nitrogens is 4. The third-order valence-electron chi connectivity index (χ3n) is 3.61. The number of aryl methyl sites for hydroxylation is 2. The zero-order valence-electron chi connectivity index (χ0n) is 14.2. The van der Waals surface area contributed by atoms with E-state index in [9.17, 15) is 4.79 Å². The summed E-state index contributed by atoms with van der Waals surface area (Å²) in [6.45, 7) is 4.06. The smallest absolute Gasteiger partial charge is 0.270 e. The molecule has 0 aliphatic rings. The van der Waals surface area contributed by atoms with E-state index in [2.05, 4.69) is 25.3 Å². The molecule has 1 amide bonds. The maximum Gasteiger partial charge on any atom is 0.270 e. The first-order valence-corrected chi connectivity index (χ1v) is 8.09. The molecular formula is C19H19N5O. The van der Waals surface area contributed by atoms with E-state index < -0.39 is 0 Å². The Hall–Kier alpha value is -3.15. The number of benzene rings is 1. The predicted molar refractivity (Wildman–Crippen MR) is 95.0 cm³/mol. The number of nitrogens with one attached hydrogen (secondary N) is 1. The SMILES string of the molecule is Cc1cc(C(=O)NCCc2nccc(-c3ccccc3)n2)nc(C)n1. The van der Waals surface area contributed by atoms with Gasteiger partial charge in [-0.1, -0.05) is 30.3 Å². The van der Waals surface area contributed by atoms with Crippen molar-refractivity contribution in [2.75, 3.05) is 6.54 Å². The van der Waals surface area contributed by atoms with E-state index in [4.69, 9.17) is 0 Å². The third-order valence-corrected chi connectivity index (χ3v) is 3.61. The quantitative estimate of drug-likeness (QED) is 0.776. The van der Waals surface area contributed by atoms with Crippen molar-refractivity contribution in [3.63, 3.8) is 0 Å². The number of carbonyl (C=O) groups excluding carboxylic acids is 1. The van der Waals surface area contributed by atoms with Gasteiger partial charge in [0.1, 0.15) is 17.3 Å². The van der Waals surface area contributed by atoms with Gasteiger partial charge in [0, 0.05) is 30.4 Å². The standard InChI is InChI=1S/C19H19N5O/c1-13-12-17(23-14(2)22-13)19(25)21-11-9-18-20-10-8-16(24-18)15-6-4-3-5-7-15/h3-8,10,12H,9,11H2,1-2H3,(H,21,25). The van der Waals surface area contributed by atoms with E-state index in [-0.39, 0.29) is 5.91 Å². The largest absolute Gasteiger partial charge is 0.350 e. The van der Waals surface area contributed by atoms with Crippen LogP contribution in [-0.4, -0.2) is 32.4 Å². The lowest BCUT2D eigenvalue weighted by atomic mass is 10.1. The molecule has 1 N–H and O–H groups in total. The number of amides is 1. The topological polar surface area (TPSA) is 80.7 Å². The minimum atomic E-state index is -0.215. The van der Waals surface area contributed by atoms with Crippen molar-refractivity contribution in [1.29, 1.82) is 0 Å². The van der Waals surface area contributed by atoms with Gasteiger partial charge in [-0.25, -0.2) is 19.9 Å². The van der Waals surface area contributed by atoms with Crippen LogP contribution in [-0.2, 0) is 6.42 Å². The molecule has 0 saturated heterocycles. The summed E-state index contributed by atoms with van der Waals surface area (Å²) in [7, 11) is 0. The number of rotatable bonds is 5. The first kappa shape index (κ1) is 16.7. The van der Waals surface area contributed by atoms with Gasteiger partial charge in [0.2, 0.25) is 0 Å². The van der Waals surface area contributed by atoms with E-state index in [0.29, 0.717) is 30.3 Å². The highest BCUT2D eigenvalue weighted by molar-refractivity contribution is 5.92. The molecular weight excluding hydrogens is 314 g/mol. The fourth-order valence-electron chi connectivity index (χ4n) is 2.50. The normalized spacial score (nSPS) is 10.5. The molecule has 0 aliphatic heterocycles. The van der Waals surface area contributed by atoms with E-state index in [1.807, 2.05) is 43.3 Å². The fourth-order valence-corrected chi connectivity index (χ4v) is 2.50. The summed E-state index contributed by atoms with van der Waals surface area (Å²) in [5.74, 6) is 1.06. The zero-order chi connectivity index (χ0) is 17.6. The van der Waals surface area contributed by atoms with Crippen molar-refractivity contribution >= 4 is 5.91 Å². The molecule has 1 aromatic carbocycles. The molecule has 3 aromatic rings. The lowest BCUT2D eigenvalue weighted by molar-refractivity contribution is 0.0948. The Morgan fingerprint density at radius 1 is 1.04 bits per heavy atom. The summed E-state index contributed by atoms with van der Waals surface area (Å²) in [6.07, 6.45) is 2.29. The average Bonchev–Trinajstić information content (AvgIpc) is 2.62. The summed E-state index contributed by atoms with van der Waals surface area (Å²) in [5, 5.41) is 2.85. The molecule has 126 valence electrons. The van der Waals surface area contributed by atoms with E-state index in [1.54, 1.807) is 19.2 Å². The van der Waals surface area contributed by atoms with Crippen LogP contribution in [0.4, 0.5) is 0 Å². The second-order valence-corrected chi connectivity index (χ2v) is 5.67. The molecule has 3 rings (SSSR count). The highest BCUT2D eigenvalue weighted by atomic mass is 16.1. The van der Waals surface area contributed by atoms with Crippen molar-refractivity contribution in [1.82, 2.24) is 25.3 Å². The van der Waals surface area contributed by atoms with Gasteiger partial charge in [0.25, 0.3) is 5.91 Å². The molecule has 0 unspecified atom stereocenters. The Balaban J connectivity index is 1.61. The van der Waals surface area contributed by atoms with Gasteiger partial charge in [0.15, 0.2) is 0 Å². The van der Waals surface area contributed by atoms with Crippen molar-refractivity contribution in [2.24, 2.45) is 0 Å². The molecule has 0 bridgehead atoms. The first-order chi connectivity index (χ1) is 12.1. The van der Waals surface area contributed by atoms with Gasteiger partial charge in [-0.15, -0.1) is 0 Å². The van der Waals surface area contributed by atoms with Crippen LogP contribution in [0.2, 0.25) is 0 Å². The third kappa shape index (κ3) is 4.44. The Morgan fingerprint density at radius 3 is 2.60 bits per heavy atom. The predicted octanol–water partition coefficient (Wildman–Crippen LogP) is 2.52. The summed E-state index contributed by atoms with van der Waals surface area (Å²) in [4.78, 5) is 29.3. The summed E-state index contributed by atoms with van der Waals surface area (Å²) in [5.41, 5.74) is 3.07. The van der Waals surface area contributed by atoms with Crippen LogP contribution in [0.1, 0.15) is 27.8 Å². The molecule has 25 heavy (non-hydrogen) atoms. The van der Waals surface area contributed by atoms with Crippen LogP contribution in [0.25, 0.3) is 11.3 Å². The molecule has 2 heterocycles. The van der Waals surface area contributed by atoms with E-state index in [1.165, 1.54) is 0 Å². The van der Waals surface area contributed by atoms with Crippen LogP contribution in [0, 0.1) is 13.8 Å². The number of nitrogens with zero attached hydrogens (tertiary/aromatic N) is 4. The Bertz CT molecular complexity index is 860. The molecule has 6 nitrogen and oxygen atoms in total. The van der Waals surface area contributed by atoms with Crippen LogP contribution in [0.5, 0.6) is 0 Å². The second-order valence-electron chi connectivity index (χ2n) is 5.67. The van der Waals surface area contributed by atoms with Crippen LogP contribution in [0.15, 0.2) is 48.7 Å². The van der Waals surface area contributed by atoms with Crippen LogP contribution >= 0.6 is 0 Å². The average molecular weight is 333 g/mol. The molecule has 6 heteroatoms. The maximum atomic E-state index is 12.2. The van der Waals surface area contributed by atoms with E-state index >= 15 is 0 Å². The zero-order valence-corrected chi connectivity index (χ0v) is 14.2. The molecule has 2 aromatic heterocycles. The highest BCUT2D eigenvalue weighted by Gasteiger charge is 2.09.